The third-order valence-corrected chi connectivity index (χ3v) is 6.47. The van der Waals surface area contributed by atoms with Crippen molar-refractivity contribution in [3.63, 3.8) is 0 Å². The second-order valence-corrected chi connectivity index (χ2v) is 8.15. The van der Waals surface area contributed by atoms with E-state index in [2.05, 4.69) is 5.32 Å². The monoisotopic (exact) mass is 388 g/mol. The summed E-state index contributed by atoms with van der Waals surface area (Å²) in [6.45, 7) is 3.19. The number of anilines is 1. The molecule has 0 spiro atoms. The van der Waals surface area contributed by atoms with Crippen LogP contribution in [-0.4, -0.2) is 78.6 Å². The molecule has 3 aliphatic heterocycles. The van der Waals surface area contributed by atoms with E-state index in [0.717, 1.165) is 30.0 Å². The van der Waals surface area contributed by atoms with Gasteiger partial charge in [0.15, 0.2) is 0 Å². The Morgan fingerprint density at radius 2 is 2.04 bits per heavy atom. The molecule has 7 nitrogen and oxygen atoms in total. The second kappa shape index (κ2) is 7.90. The topological polar surface area (TPSA) is 73.0 Å². The van der Waals surface area contributed by atoms with Gasteiger partial charge in [0.25, 0.3) is 0 Å². The summed E-state index contributed by atoms with van der Waals surface area (Å²) in [5.41, 5.74) is 0.818. The van der Waals surface area contributed by atoms with E-state index in [-0.39, 0.29) is 30.3 Å². The van der Waals surface area contributed by atoms with Crippen LogP contribution in [-0.2, 0) is 14.4 Å². The zero-order valence-electron chi connectivity index (χ0n) is 15.2. The maximum Gasteiger partial charge on any atom is 0.242 e. The predicted molar refractivity (Wildman–Crippen MR) is 104 cm³/mol. The number of likely N-dealkylation sites (tertiary alicyclic amines) is 1. The number of para-hydroxylation sites is 1. The molecule has 4 rings (SSSR count). The van der Waals surface area contributed by atoms with Crippen LogP contribution in [0.4, 0.5) is 5.69 Å². The molecule has 2 saturated heterocycles. The average Bonchev–Trinajstić information content (AvgIpc) is 2.70. The molecule has 0 saturated carbocycles. The van der Waals surface area contributed by atoms with Crippen molar-refractivity contribution in [3.05, 3.63) is 24.3 Å². The number of carbonyl (C=O) groups excluding carboxylic acids is 3. The van der Waals surface area contributed by atoms with Crippen molar-refractivity contribution in [2.24, 2.45) is 0 Å². The zero-order valence-corrected chi connectivity index (χ0v) is 16.0. The standard InChI is InChI=1S/C19H24N4O3S/c24-17-10-20-7-9-22(17)14-4-3-8-21(11-14)18(25)12-23-15-5-1-2-6-16(15)27-13-19(23)26/h1-2,5-6,14,20H,3-4,7-13H2. The van der Waals surface area contributed by atoms with Gasteiger partial charge in [0, 0.05) is 37.1 Å². The van der Waals surface area contributed by atoms with Crippen molar-refractivity contribution in [1.82, 2.24) is 15.1 Å². The summed E-state index contributed by atoms with van der Waals surface area (Å²) in [5, 5.41) is 3.09. The smallest absolute Gasteiger partial charge is 0.242 e. The number of piperazine rings is 1. The lowest BCUT2D eigenvalue weighted by molar-refractivity contribution is -0.140. The van der Waals surface area contributed by atoms with Gasteiger partial charge in [-0.2, -0.15) is 0 Å². The Balaban J connectivity index is 1.44. The first-order valence-electron chi connectivity index (χ1n) is 9.43. The highest BCUT2D eigenvalue weighted by molar-refractivity contribution is 8.00. The lowest BCUT2D eigenvalue weighted by Crippen LogP contribution is -2.58. The molecule has 1 unspecified atom stereocenters. The van der Waals surface area contributed by atoms with Crippen LogP contribution >= 0.6 is 11.8 Å². The van der Waals surface area contributed by atoms with Gasteiger partial charge in [-0.25, -0.2) is 0 Å². The first kappa shape index (κ1) is 18.3. The van der Waals surface area contributed by atoms with Gasteiger partial charge < -0.3 is 20.0 Å². The maximum atomic E-state index is 12.9. The molecule has 3 heterocycles. The van der Waals surface area contributed by atoms with Gasteiger partial charge in [-0.05, 0) is 25.0 Å². The molecule has 144 valence electrons. The fourth-order valence-electron chi connectivity index (χ4n) is 4.01. The molecule has 1 aromatic rings. The van der Waals surface area contributed by atoms with E-state index in [4.69, 9.17) is 0 Å². The van der Waals surface area contributed by atoms with E-state index in [9.17, 15) is 14.4 Å². The van der Waals surface area contributed by atoms with Crippen molar-refractivity contribution in [2.45, 2.75) is 23.8 Å². The molecular formula is C19H24N4O3S. The van der Waals surface area contributed by atoms with E-state index >= 15 is 0 Å². The molecule has 0 bridgehead atoms. The second-order valence-electron chi connectivity index (χ2n) is 7.14. The Morgan fingerprint density at radius 3 is 2.89 bits per heavy atom. The molecular weight excluding hydrogens is 364 g/mol. The van der Waals surface area contributed by atoms with E-state index < -0.39 is 0 Å². The summed E-state index contributed by atoms with van der Waals surface area (Å²) in [5.74, 6) is 0.398. The number of carbonyl (C=O) groups is 3. The molecule has 0 aromatic heterocycles. The van der Waals surface area contributed by atoms with Crippen LogP contribution in [0.1, 0.15) is 12.8 Å². The Morgan fingerprint density at radius 1 is 1.19 bits per heavy atom. The lowest BCUT2D eigenvalue weighted by atomic mass is 10.0. The minimum atomic E-state index is -0.0441. The summed E-state index contributed by atoms with van der Waals surface area (Å²) in [6.07, 6.45) is 1.81. The molecule has 3 amide bonds. The normalized spacial score (nSPS) is 23.4. The number of hydrogen-bond acceptors (Lipinski definition) is 5. The lowest BCUT2D eigenvalue weighted by Gasteiger charge is -2.41. The predicted octanol–water partition coefficient (Wildman–Crippen LogP) is 0.548. The van der Waals surface area contributed by atoms with Gasteiger partial charge in [0.2, 0.25) is 17.7 Å². The Hall–Kier alpha value is -2.06. The summed E-state index contributed by atoms with van der Waals surface area (Å²) >= 11 is 1.52. The number of benzene rings is 1. The van der Waals surface area contributed by atoms with E-state index in [1.807, 2.05) is 34.1 Å². The summed E-state index contributed by atoms with van der Waals surface area (Å²) in [4.78, 5) is 43.9. The molecule has 2 fully saturated rings. The Labute approximate surface area is 163 Å². The highest BCUT2D eigenvalue weighted by Gasteiger charge is 2.33. The highest BCUT2D eigenvalue weighted by Crippen LogP contribution is 2.34. The number of hydrogen-bond donors (Lipinski definition) is 1. The minimum absolute atomic E-state index is 0.0297. The highest BCUT2D eigenvalue weighted by atomic mass is 32.2. The van der Waals surface area contributed by atoms with Crippen LogP contribution in [0.3, 0.4) is 0 Å². The molecule has 8 heteroatoms. The maximum absolute atomic E-state index is 12.9. The van der Waals surface area contributed by atoms with Crippen molar-refractivity contribution >= 4 is 35.2 Å². The molecule has 27 heavy (non-hydrogen) atoms. The van der Waals surface area contributed by atoms with Crippen LogP contribution < -0.4 is 10.2 Å². The van der Waals surface area contributed by atoms with Crippen molar-refractivity contribution in [1.29, 1.82) is 0 Å². The first-order chi connectivity index (χ1) is 13.1. The van der Waals surface area contributed by atoms with Crippen molar-refractivity contribution < 1.29 is 14.4 Å². The van der Waals surface area contributed by atoms with Gasteiger partial charge in [0.1, 0.15) is 6.54 Å². The molecule has 1 N–H and O–H groups in total. The van der Waals surface area contributed by atoms with Gasteiger partial charge in [0.05, 0.1) is 18.0 Å². The molecule has 1 atom stereocenters. The Kier molecular flexibility index (Phi) is 5.36. The van der Waals surface area contributed by atoms with Gasteiger partial charge in [-0.15, -0.1) is 11.8 Å². The summed E-state index contributed by atoms with van der Waals surface area (Å²) < 4.78 is 0. The van der Waals surface area contributed by atoms with Crippen molar-refractivity contribution in [3.8, 4) is 0 Å². The zero-order chi connectivity index (χ0) is 18.8. The number of piperidine rings is 1. The third kappa shape index (κ3) is 3.82. The van der Waals surface area contributed by atoms with Crippen LogP contribution in [0.2, 0.25) is 0 Å². The van der Waals surface area contributed by atoms with E-state index in [1.54, 1.807) is 4.90 Å². The average molecular weight is 388 g/mol. The molecule has 1 aromatic carbocycles. The van der Waals surface area contributed by atoms with Gasteiger partial charge in [-0.1, -0.05) is 12.1 Å². The number of nitrogens with zero attached hydrogens (tertiary/aromatic N) is 3. The summed E-state index contributed by atoms with van der Waals surface area (Å²) in [6, 6.07) is 7.79. The fraction of sp³-hybridized carbons (Fsp3) is 0.526. The van der Waals surface area contributed by atoms with Gasteiger partial charge in [-0.3, -0.25) is 14.4 Å². The summed E-state index contributed by atoms with van der Waals surface area (Å²) in [7, 11) is 0. The quantitative estimate of drug-likeness (QED) is 0.819. The third-order valence-electron chi connectivity index (χ3n) is 5.42. The molecule has 0 radical (unpaired) electrons. The van der Waals surface area contributed by atoms with E-state index in [0.29, 0.717) is 31.9 Å². The fourth-order valence-corrected chi connectivity index (χ4v) is 4.94. The molecule has 3 aliphatic rings. The largest absolute Gasteiger partial charge is 0.339 e. The van der Waals surface area contributed by atoms with Crippen LogP contribution in [0.25, 0.3) is 0 Å². The number of thioether (sulfide) groups is 1. The van der Waals surface area contributed by atoms with Crippen molar-refractivity contribution in [2.75, 3.05) is 49.9 Å². The number of rotatable bonds is 3. The minimum Gasteiger partial charge on any atom is -0.339 e. The first-order valence-corrected chi connectivity index (χ1v) is 10.4. The number of nitrogens with one attached hydrogen (secondary N) is 1. The van der Waals surface area contributed by atoms with Crippen LogP contribution in [0.15, 0.2) is 29.2 Å². The SMILES string of the molecule is O=C(CN1C(=O)CSc2ccccc21)N1CCCC(N2CCNCC2=O)C1. The van der Waals surface area contributed by atoms with Crippen LogP contribution in [0.5, 0.6) is 0 Å². The van der Waals surface area contributed by atoms with Crippen LogP contribution in [0, 0.1) is 0 Å². The Bertz CT molecular complexity index is 756. The number of amides is 3. The van der Waals surface area contributed by atoms with E-state index in [1.165, 1.54) is 11.8 Å². The van der Waals surface area contributed by atoms with Gasteiger partial charge >= 0.3 is 0 Å². The molecule has 0 aliphatic carbocycles. The number of fused-ring (bicyclic) bond motifs is 1.